The second-order valence-electron chi connectivity index (χ2n) is 2.65. The zero-order chi connectivity index (χ0) is 9.30. The van der Waals surface area contributed by atoms with Crippen LogP contribution < -0.4 is 0 Å². The molecule has 12 heavy (non-hydrogen) atoms. The fourth-order valence-electron chi connectivity index (χ4n) is 1.03. The number of hydrogen-bond donors (Lipinski definition) is 3. The van der Waals surface area contributed by atoms with Crippen molar-refractivity contribution in [1.29, 1.82) is 0 Å². The Kier molecular flexibility index (Phi) is 3.25. The van der Waals surface area contributed by atoms with Gasteiger partial charge in [-0.2, -0.15) is 0 Å². The molecule has 1 heterocycles. The topological polar surface area (TPSA) is 69.9 Å². The van der Waals surface area contributed by atoms with Gasteiger partial charge < -0.3 is 20.1 Å². The zero-order valence-corrected chi connectivity index (χ0v) is 6.86. The number of aliphatic hydroxyl groups excluding tert-OH is 3. The van der Waals surface area contributed by atoms with Crippen LogP contribution in [-0.4, -0.2) is 52.0 Å². The predicted molar refractivity (Wildman–Crippen MR) is 38.5 cm³/mol. The van der Waals surface area contributed by atoms with Gasteiger partial charge in [-0.05, 0) is 0 Å². The third-order valence-corrected chi connectivity index (χ3v) is 2.11. The number of halogens is 2. The molecule has 1 aliphatic heterocycles. The van der Waals surface area contributed by atoms with Crippen molar-refractivity contribution < 1.29 is 24.4 Å². The van der Waals surface area contributed by atoms with Crippen LogP contribution in [0.15, 0.2) is 0 Å². The fourth-order valence-corrected chi connectivity index (χ4v) is 1.29. The molecule has 0 aliphatic carbocycles. The maximum Gasteiger partial charge on any atom is 0.228 e. The molecule has 4 nitrogen and oxygen atoms in total. The molecule has 1 aliphatic rings. The highest BCUT2D eigenvalue weighted by atomic mass is 35.5. The van der Waals surface area contributed by atoms with Gasteiger partial charge in [0, 0.05) is 0 Å². The molecule has 1 unspecified atom stereocenters. The van der Waals surface area contributed by atoms with Crippen LogP contribution >= 0.6 is 11.6 Å². The number of alkyl halides is 2. The number of ether oxygens (including phenoxy) is 1. The first-order valence-corrected chi connectivity index (χ1v) is 4.01. The van der Waals surface area contributed by atoms with Gasteiger partial charge in [0.25, 0.3) is 0 Å². The predicted octanol–water partition coefficient (Wildman–Crippen LogP) is -0.998. The van der Waals surface area contributed by atoms with Crippen molar-refractivity contribution in [2.24, 2.45) is 0 Å². The van der Waals surface area contributed by atoms with Crippen molar-refractivity contribution in [2.75, 3.05) is 5.88 Å². The first kappa shape index (κ1) is 10.1. The Hall–Kier alpha value is 0.0600. The third-order valence-electron chi connectivity index (χ3n) is 1.81. The molecule has 72 valence electrons. The zero-order valence-electron chi connectivity index (χ0n) is 6.10. The van der Waals surface area contributed by atoms with Crippen LogP contribution in [0.5, 0.6) is 0 Å². The van der Waals surface area contributed by atoms with Crippen molar-refractivity contribution in [3.8, 4) is 0 Å². The summed E-state index contributed by atoms with van der Waals surface area (Å²) in [6, 6.07) is 0. The molecule has 0 spiro atoms. The Morgan fingerprint density at radius 3 is 2.25 bits per heavy atom. The molecule has 1 rings (SSSR count). The van der Waals surface area contributed by atoms with Crippen molar-refractivity contribution in [3.05, 3.63) is 0 Å². The SMILES string of the molecule is O[C@H]1[C@H](O)[C@@H](O)C(F)O[C@@H]1CCl. The minimum absolute atomic E-state index is 0.134. The Morgan fingerprint density at radius 2 is 1.75 bits per heavy atom. The van der Waals surface area contributed by atoms with Crippen molar-refractivity contribution >= 4 is 11.6 Å². The Bertz CT molecular complexity index is 154. The van der Waals surface area contributed by atoms with E-state index < -0.39 is 30.8 Å². The Morgan fingerprint density at radius 1 is 1.17 bits per heavy atom. The van der Waals surface area contributed by atoms with Crippen LogP contribution in [0.1, 0.15) is 0 Å². The van der Waals surface area contributed by atoms with Gasteiger partial charge in [0.2, 0.25) is 6.36 Å². The molecular formula is C6H10ClFO4. The first-order valence-electron chi connectivity index (χ1n) is 3.47. The molecule has 0 aromatic rings. The van der Waals surface area contributed by atoms with E-state index in [1.807, 2.05) is 0 Å². The summed E-state index contributed by atoms with van der Waals surface area (Å²) in [7, 11) is 0. The van der Waals surface area contributed by atoms with E-state index in [2.05, 4.69) is 4.74 Å². The molecule has 0 aromatic heterocycles. The molecular weight excluding hydrogens is 191 g/mol. The monoisotopic (exact) mass is 200 g/mol. The largest absolute Gasteiger partial charge is 0.388 e. The van der Waals surface area contributed by atoms with E-state index in [-0.39, 0.29) is 5.88 Å². The fraction of sp³-hybridized carbons (Fsp3) is 1.00. The van der Waals surface area contributed by atoms with E-state index in [9.17, 15) is 4.39 Å². The minimum atomic E-state index is -1.99. The normalized spacial score (nSPS) is 49.2. The summed E-state index contributed by atoms with van der Waals surface area (Å²) >= 11 is 5.31. The molecule has 6 heteroatoms. The van der Waals surface area contributed by atoms with Crippen molar-refractivity contribution in [3.63, 3.8) is 0 Å². The van der Waals surface area contributed by atoms with Crippen LogP contribution in [0.4, 0.5) is 4.39 Å². The number of hydrogen-bond acceptors (Lipinski definition) is 4. The summed E-state index contributed by atoms with van der Waals surface area (Å²) in [6.07, 6.45) is -7.56. The molecule has 3 N–H and O–H groups in total. The lowest BCUT2D eigenvalue weighted by atomic mass is 10.0. The summed E-state index contributed by atoms with van der Waals surface area (Å²) in [6.45, 7) is 0. The van der Waals surface area contributed by atoms with Crippen molar-refractivity contribution in [1.82, 2.24) is 0 Å². The molecule has 0 aromatic carbocycles. The third kappa shape index (κ3) is 1.70. The van der Waals surface area contributed by atoms with Crippen molar-refractivity contribution in [2.45, 2.75) is 30.8 Å². The molecule has 0 bridgehead atoms. The lowest BCUT2D eigenvalue weighted by molar-refractivity contribution is -0.251. The Labute approximate surface area is 73.5 Å². The van der Waals surface area contributed by atoms with E-state index in [1.54, 1.807) is 0 Å². The standard InChI is InChI=1S/C6H10ClFO4/c7-1-2-3(9)4(10)5(11)6(8)12-2/h2-6,9-11H,1H2/t2-,3-,4+,5-,6?/m1/s1. The van der Waals surface area contributed by atoms with Crippen LogP contribution in [0.3, 0.4) is 0 Å². The number of rotatable bonds is 1. The average molecular weight is 201 g/mol. The highest BCUT2D eigenvalue weighted by molar-refractivity contribution is 6.18. The van der Waals surface area contributed by atoms with Gasteiger partial charge in [-0.25, -0.2) is 4.39 Å². The van der Waals surface area contributed by atoms with Gasteiger partial charge in [-0.3, -0.25) is 0 Å². The van der Waals surface area contributed by atoms with E-state index in [0.29, 0.717) is 0 Å². The summed E-state index contributed by atoms with van der Waals surface area (Å²) in [4.78, 5) is 0. The summed E-state index contributed by atoms with van der Waals surface area (Å²) < 4.78 is 17.1. The molecule has 0 radical (unpaired) electrons. The second-order valence-corrected chi connectivity index (χ2v) is 2.96. The maximum absolute atomic E-state index is 12.6. The van der Waals surface area contributed by atoms with Crippen LogP contribution in [0, 0.1) is 0 Å². The summed E-state index contributed by atoms with van der Waals surface area (Å²) in [5.41, 5.74) is 0. The second kappa shape index (κ2) is 3.85. The van der Waals surface area contributed by atoms with Gasteiger partial charge in [0.15, 0.2) is 0 Å². The van der Waals surface area contributed by atoms with Gasteiger partial charge >= 0.3 is 0 Å². The molecule has 1 saturated heterocycles. The summed E-state index contributed by atoms with van der Waals surface area (Å²) in [5, 5.41) is 27.1. The van der Waals surface area contributed by atoms with Gasteiger partial charge in [0.05, 0.1) is 5.88 Å². The van der Waals surface area contributed by atoms with E-state index in [0.717, 1.165) is 0 Å². The van der Waals surface area contributed by atoms with E-state index >= 15 is 0 Å². The van der Waals surface area contributed by atoms with Crippen LogP contribution in [0.25, 0.3) is 0 Å². The lowest BCUT2D eigenvalue weighted by Gasteiger charge is -2.36. The molecule has 0 amide bonds. The average Bonchev–Trinajstić information content (AvgIpc) is 2.08. The molecule has 5 atom stereocenters. The highest BCUT2D eigenvalue weighted by Gasteiger charge is 2.43. The van der Waals surface area contributed by atoms with Crippen LogP contribution in [-0.2, 0) is 4.74 Å². The van der Waals surface area contributed by atoms with Gasteiger partial charge in [-0.15, -0.1) is 11.6 Å². The number of aliphatic hydroxyl groups is 3. The van der Waals surface area contributed by atoms with Gasteiger partial charge in [0.1, 0.15) is 24.4 Å². The smallest absolute Gasteiger partial charge is 0.228 e. The molecule has 1 fully saturated rings. The molecule has 0 saturated carbocycles. The minimum Gasteiger partial charge on any atom is -0.388 e. The Balaban J connectivity index is 2.63. The lowest BCUT2D eigenvalue weighted by Crippen LogP contribution is -2.56. The van der Waals surface area contributed by atoms with Gasteiger partial charge in [-0.1, -0.05) is 0 Å². The quantitative estimate of drug-likeness (QED) is 0.475. The highest BCUT2D eigenvalue weighted by Crippen LogP contribution is 2.22. The van der Waals surface area contributed by atoms with Crippen LogP contribution in [0.2, 0.25) is 0 Å². The first-order chi connectivity index (χ1) is 5.57. The van der Waals surface area contributed by atoms with E-state index in [1.165, 1.54) is 0 Å². The van der Waals surface area contributed by atoms with E-state index in [4.69, 9.17) is 26.9 Å². The summed E-state index contributed by atoms with van der Waals surface area (Å²) in [5.74, 6) is -0.134. The maximum atomic E-state index is 12.6.